The molecule has 0 aliphatic rings. The minimum atomic E-state index is -3.76. The zero-order valence-corrected chi connectivity index (χ0v) is 15.3. The van der Waals surface area contributed by atoms with Crippen molar-refractivity contribution in [3.63, 3.8) is 0 Å². The van der Waals surface area contributed by atoms with Crippen LogP contribution < -0.4 is 9.47 Å². The van der Waals surface area contributed by atoms with Gasteiger partial charge in [-0.25, -0.2) is 0 Å². The summed E-state index contributed by atoms with van der Waals surface area (Å²) in [6.07, 6.45) is 0. The van der Waals surface area contributed by atoms with Gasteiger partial charge in [0.05, 0.1) is 12.0 Å². The summed E-state index contributed by atoms with van der Waals surface area (Å²) < 4.78 is 39.5. The van der Waals surface area contributed by atoms with E-state index in [9.17, 15) is 8.42 Å². The van der Waals surface area contributed by atoms with Gasteiger partial charge in [-0.2, -0.15) is 8.42 Å². The monoisotopic (exact) mass is 352 g/mol. The van der Waals surface area contributed by atoms with Crippen molar-refractivity contribution in [3.8, 4) is 11.5 Å². The van der Waals surface area contributed by atoms with E-state index < -0.39 is 10.1 Å². The van der Waals surface area contributed by atoms with Crippen molar-refractivity contribution >= 4 is 10.1 Å². The Kier molecular flexibility index (Phi) is 8.29. The molecule has 0 unspecified atom stereocenters. The molecule has 0 saturated carbocycles. The standard InChI is InChI=1S/C16H18O5S.C2H6/c1-13-7-9-14(10-8-13)22(17,18)21-12-11-20-16-6-4-3-5-15(16)19-2;1-2/h3-10H,11-12H2,1-2H3;1-2H3. The molecule has 2 aromatic carbocycles. The molecule has 0 atom stereocenters. The molecule has 0 fully saturated rings. The first-order chi connectivity index (χ1) is 11.5. The predicted molar refractivity (Wildman–Crippen MR) is 94.2 cm³/mol. The van der Waals surface area contributed by atoms with Crippen molar-refractivity contribution in [1.29, 1.82) is 0 Å². The van der Waals surface area contributed by atoms with Crippen LogP contribution in [0.15, 0.2) is 53.4 Å². The van der Waals surface area contributed by atoms with E-state index in [0.29, 0.717) is 11.5 Å². The maximum atomic E-state index is 12.0. The quantitative estimate of drug-likeness (QED) is 0.560. The van der Waals surface area contributed by atoms with Crippen LogP contribution in [0.25, 0.3) is 0 Å². The van der Waals surface area contributed by atoms with Gasteiger partial charge in [0.25, 0.3) is 10.1 Å². The number of ether oxygens (including phenoxy) is 2. The van der Waals surface area contributed by atoms with E-state index in [1.54, 1.807) is 31.4 Å². The Labute approximate surface area is 144 Å². The number of rotatable bonds is 7. The average Bonchev–Trinajstić information content (AvgIpc) is 2.61. The maximum absolute atomic E-state index is 12.0. The third-order valence-corrected chi connectivity index (χ3v) is 4.28. The summed E-state index contributed by atoms with van der Waals surface area (Å²) in [6.45, 7) is 5.91. The molecule has 0 radical (unpaired) electrons. The van der Waals surface area contributed by atoms with E-state index in [-0.39, 0.29) is 18.1 Å². The van der Waals surface area contributed by atoms with Crippen molar-refractivity contribution in [3.05, 3.63) is 54.1 Å². The molecular formula is C18H24O5S. The van der Waals surface area contributed by atoms with Crippen LogP contribution in [0.2, 0.25) is 0 Å². The van der Waals surface area contributed by atoms with Gasteiger partial charge in [0, 0.05) is 0 Å². The Bertz CT molecular complexity index is 708. The van der Waals surface area contributed by atoms with Crippen LogP contribution in [-0.4, -0.2) is 28.7 Å². The third kappa shape index (κ3) is 5.86. The summed E-state index contributed by atoms with van der Waals surface area (Å²) in [6, 6.07) is 13.6. The van der Waals surface area contributed by atoms with Gasteiger partial charge in [-0.3, -0.25) is 4.18 Å². The fourth-order valence-corrected chi connectivity index (χ4v) is 2.70. The largest absolute Gasteiger partial charge is 0.493 e. The van der Waals surface area contributed by atoms with Gasteiger partial charge in [-0.1, -0.05) is 43.7 Å². The van der Waals surface area contributed by atoms with Crippen LogP contribution in [0.1, 0.15) is 19.4 Å². The second kappa shape index (κ2) is 9.95. The van der Waals surface area contributed by atoms with Crippen molar-refractivity contribution in [2.75, 3.05) is 20.3 Å². The molecule has 132 valence electrons. The lowest BCUT2D eigenvalue weighted by Crippen LogP contribution is -2.13. The molecule has 6 heteroatoms. The van der Waals surface area contributed by atoms with Gasteiger partial charge in [0.15, 0.2) is 11.5 Å². The zero-order chi connectivity index (χ0) is 18.0. The molecule has 5 nitrogen and oxygen atoms in total. The molecule has 0 heterocycles. The van der Waals surface area contributed by atoms with Crippen molar-refractivity contribution in [2.45, 2.75) is 25.7 Å². The van der Waals surface area contributed by atoms with Gasteiger partial charge in [0.2, 0.25) is 0 Å². The van der Waals surface area contributed by atoms with E-state index in [2.05, 4.69) is 0 Å². The first kappa shape index (κ1) is 20.0. The van der Waals surface area contributed by atoms with Gasteiger partial charge < -0.3 is 9.47 Å². The first-order valence-corrected chi connectivity index (χ1v) is 9.15. The smallest absolute Gasteiger partial charge is 0.297 e. The molecule has 0 saturated heterocycles. The summed E-state index contributed by atoms with van der Waals surface area (Å²) in [4.78, 5) is 0.135. The fraction of sp³-hybridized carbons (Fsp3) is 0.333. The molecule has 0 spiro atoms. The minimum Gasteiger partial charge on any atom is -0.493 e. The molecule has 2 rings (SSSR count). The Morgan fingerprint density at radius 1 is 0.875 bits per heavy atom. The third-order valence-electron chi connectivity index (χ3n) is 2.96. The number of hydrogen-bond donors (Lipinski definition) is 0. The van der Waals surface area contributed by atoms with Crippen molar-refractivity contribution in [2.24, 2.45) is 0 Å². The summed E-state index contributed by atoms with van der Waals surface area (Å²) in [5, 5.41) is 0. The van der Waals surface area contributed by atoms with Crippen LogP contribution in [-0.2, 0) is 14.3 Å². The van der Waals surface area contributed by atoms with Crippen molar-refractivity contribution < 1.29 is 22.1 Å². The summed E-state index contributed by atoms with van der Waals surface area (Å²) in [7, 11) is -2.22. The maximum Gasteiger partial charge on any atom is 0.297 e. The molecule has 0 amide bonds. The molecule has 0 bridgehead atoms. The van der Waals surface area contributed by atoms with Gasteiger partial charge in [-0.05, 0) is 31.2 Å². The Morgan fingerprint density at radius 3 is 2.04 bits per heavy atom. The van der Waals surface area contributed by atoms with Crippen LogP contribution in [0.5, 0.6) is 11.5 Å². The normalized spacial score (nSPS) is 10.5. The summed E-state index contributed by atoms with van der Waals surface area (Å²) in [5.74, 6) is 1.13. The lowest BCUT2D eigenvalue weighted by molar-refractivity contribution is 0.215. The molecule has 2 aromatic rings. The summed E-state index contributed by atoms with van der Waals surface area (Å²) >= 11 is 0. The van der Waals surface area contributed by atoms with Gasteiger partial charge in [-0.15, -0.1) is 0 Å². The highest BCUT2D eigenvalue weighted by molar-refractivity contribution is 7.86. The number of aryl methyl sites for hydroxylation is 1. The van der Waals surface area contributed by atoms with E-state index in [1.807, 2.05) is 32.9 Å². The Balaban J connectivity index is 0.00000139. The van der Waals surface area contributed by atoms with Gasteiger partial charge in [0.1, 0.15) is 13.2 Å². The minimum absolute atomic E-state index is 0.0751. The lowest BCUT2D eigenvalue weighted by Gasteiger charge is -2.10. The van der Waals surface area contributed by atoms with Crippen LogP contribution in [0.4, 0.5) is 0 Å². The molecule has 24 heavy (non-hydrogen) atoms. The first-order valence-electron chi connectivity index (χ1n) is 7.75. The van der Waals surface area contributed by atoms with Crippen LogP contribution in [0, 0.1) is 6.92 Å². The second-order valence-electron chi connectivity index (χ2n) is 4.59. The molecule has 0 aliphatic heterocycles. The van der Waals surface area contributed by atoms with E-state index in [4.69, 9.17) is 13.7 Å². The highest BCUT2D eigenvalue weighted by Gasteiger charge is 2.14. The Hall–Kier alpha value is -2.05. The fourth-order valence-electron chi connectivity index (χ4n) is 1.81. The zero-order valence-electron chi connectivity index (χ0n) is 14.5. The topological polar surface area (TPSA) is 61.8 Å². The van der Waals surface area contributed by atoms with E-state index in [0.717, 1.165) is 5.56 Å². The average molecular weight is 352 g/mol. The number of para-hydroxylation sites is 2. The van der Waals surface area contributed by atoms with Crippen LogP contribution >= 0.6 is 0 Å². The number of benzene rings is 2. The second-order valence-corrected chi connectivity index (χ2v) is 6.20. The Morgan fingerprint density at radius 2 is 1.46 bits per heavy atom. The lowest BCUT2D eigenvalue weighted by atomic mass is 10.2. The number of methoxy groups -OCH3 is 1. The molecule has 0 N–H and O–H groups in total. The number of hydrogen-bond acceptors (Lipinski definition) is 5. The predicted octanol–water partition coefficient (Wildman–Crippen LogP) is 3.81. The molecular weight excluding hydrogens is 328 g/mol. The van der Waals surface area contributed by atoms with E-state index >= 15 is 0 Å². The van der Waals surface area contributed by atoms with E-state index in [1.165, 1.54) is 12.1 Å². The molecule has 0 aromatic heterocycles. The molecule has 0 aliphatic carbocycles. The summed E-state index contributed by atoms with van der Waals surface area (Å²) in [5.41, 5.74) is 0.985. The highest BCUT2D eigenvalue weighted by Crippen LogP contribution is 2.25. The highest BCUT2D eigenvalue weighted by atomic mass is 32.2. The van der Waals surface area contributed by atoms with Crippen LogP contribution in [0.3, 0.4) is 0 Å². The van der Waals surface area contributed by atoms with Crippen molar-refractivity contribution in [1.82, 2.24) is 0 Å². The SMILES string of the molecule is CC.COc1ccccc1OCCOS(=O)(=O)c1ccc(C)cc1. The van der Waals surface area contributed by atoms with Gasteiger partial charge >= 0.3 is 0 Å².